The van der Waals surface area contributed by atoms with Crippen molar-refractivity contribution in [2.24, 2.45) is 5.73 Å². The van der Waals surface area contributed by atoms with Gasteiger partial charge in [0.1, 0.15) is 11.6 Å². The Kier molecular flexibility index (Phi) is 4.48. The Labute approximate surface area is 173 Å². The van der Waals surface area contributed by atoms with E-state index in [4.69, 9.17) is 10.7 Å². The molecule has 0 spiro atoms. The molecule has 8 heteroatoms. The summed E-state index contributed by atoms with van der Waals surface area (Å²) < 4.78 is 1.81. The van der Waals surface area contributed by atoms with Crippen LogP contribution < -0.4 is 21.7 Å². The number of hydrogen-bond donors (Lipinski definition) is 4. The largest absolute Gasteiger partial charge is 0.367 e. The first-order chi connectivity index (χ1) is 14.6. The molecule has 2 aliphatic rings. The van der Waals surface area contributed by atoms with E-state index in [-0.39, 0.29) is 5.91 Å². The Balaban J connectivity index is 1.54. The molecule has 0 bridgehead atoms. The number of nitrogens with zero attached hydrogens (tertiary/aromatic N) is 3. The van der Waals surface area contributed by atoms with E-state index in [0.29, 0.717) is 36.2 Å². The number of carbonyl (C=O) groups is 1. The van der Waals surface area contributed by atoms with E-state index < -0.39 is 0 Å². The number of nitrogens with one attached hydrogen (secondary N) is 3. The van der Waals surface area contributed by atoms with E-state index >= 15 is 0 Å². The van der Waals surface area contributed by atoms with Gasteiger partial charge in [0, 0.05) is 35.6 Å². The molecular formula is C22H23N7O. The smallest absolute Gasteiger partial charge is 0.228 e. The zero-order valence-electron chi connectivity index (χ0n) is 16.5. The van der Waals surface area contributed by atoms with E-state index in [2.05, 4.69) is 27.6 Å². The van der Waals surface area contributed by atoms with E-state index in [9.17, 15) is 4.79 Å². The molecular weight excluding hydrogens is 378 g/mol. The highest BCUT2D eigenvalue weighted by Gasteiger charge is 2.24. The molecule has 1 aromatic carbocycles. The summed E-state index contributed by atoms with van der Waals surface area (Å²) in [5.41, 5.74) is 10.7. The average molecular weight is 401 g/mol. The number of benzene rings is 1. The van der Waals surface area contributed by atoms with Crippen molar-refractivity contribution in [3.05, 3.63) is 65.5 Å². The highest BCUT2D eigenvalue weighted by atomic mass is 16.1. The predicted molar refractivity (Wildman–Crippen MR) is 117 cm³/mol. The second kappa shape index (κ2) is 7.31. The first kappa shape index (κ1) is 18.4. The van der Waals surface area contributed by atoms with Gasteiger partial charge in [-0.05, 0) is 42.2 Å². The fourth-order valence-electron chi connectivity index (χ4n) is 3.46. The van der Waals surface area contributed by atoms with Gasteiger partial charge in [-0.3, -0.25) is 4.79 Å². The molecule has 5 rings (SSSR count). The minimum Gasteiger partial charge on any atom is -0.367 e. The van der Waals surface area contributed by atoms with Crippen LogP contribution in [0.3, 0.4) is 0 Å². The van der Waals surface area contributed by atoms with E-state index in [1.807, 2.05) is 36.4 Å². The molecule has 0 radical (unpaired) electrons. The maximum atomic E-state index is 11.7. The van der Waals surface area contributed by atoms with Crippen LogP contribution in [0, 0.1) is 0 Å². The molecule has 1 saturated heterocycles. The molecule has 0 atom stereocenters. The zero-order valence-corrected chi connectivity index (χ0v) is 16.5. The molecule has 1 aliphatic heterocycles. The Morgan fingerprint density at radius 2 is 2.10 bits per heavy atom. The van der Waals surface area contributed by atoms with E-state index in [1.54, 1.807) is 10.7 Å². The second-order valence-corrected chi connectivity index (χ2v) is 7.68. The van der Waals surface area contributed by atoms with Crippen LogP contribution in [-0.2, 0) is 11.3 Å². The summed E-state index contributed by atoms with van der Waals surface area (Å²) >= 11 is 0. The number of allylic oxidation sites excluding steroid dienone is 1. The lowest BCUT2D eigenvalue weighted by atomic mass is 10.1. The molecule has 1 saturated carbocycles. The summed E-state index contributed by atoms with van der Waals surface area (Å²) in [6.45, 7) is 4.43. The first-order valence-corrected chi connectivity index (χ1v) is 10.00. The summed E-state index contributed by atoms with van der Waals surface area (Å²) in [6, 6.07) is 10.4. The third kappa shape index (κ3) is 3.65. The molecule has 0 unspecified atom stereocenters. The minimum absolute atomic E-state index is 0.0462. The number of rotatable bonds is 6. The third-order valence-electron chi connectivity index (χ3n) is 5.25. The summed E-state index contributed by atoms with van der Waals surface area (Å²) in [7, 11) is 0. The molecule has 8 nitrogen and oxygen atoms in total. The molecule has 5 N–H and O–H groups in total. The van der Waals surface area contributed by atoms with Crippen LogP contribution >= 0.6 is 0 Å². The van der Waals surface area contributed by atoms with Gasteiger partial charge >= 0.3 is 0 Å². The summed E-state index contributed by atoms with van der Waals surface area (Å²) in [5, 5.41) is 14.2. The molecule has 1 amide bonds. The van der Waals surface area contributed by atoms with Crippen molar-refractivity contribution in [2.45, 2.75) is 31.8 Å². The van der Waals surface area contributed by atoms with Crippen LogP contribution in [0.1, 0.15) is 30.4 Å². The van der Waals surface area contributed by atoms with Crippen molar-refractivity contribution < 1.29 is 4.79 Å². The number of carbonyl (C=O) groups excluding carboxylic acids is 1. The van der Waals surface area contributed by atoms with Crippen LogP contribution in [0.5, 0.6) is 0 Å². The van der Waals surface area contributed by atoms with Crippen LogP contribution in [0.4, 0.5) is 17.3 Å². The summed E-state index contributed by atoms with van der Waals surface area (Å²) in [6.07, 6.45) is 6.31. The average Bonchev–Trinajstić information content (AvgIpc) is 3.37. The van der Waals surface area contributed by atoms with Gasteiger partial charge in [-0.15, -0.1) is 0 Å². The highest BCUT2D eigenvalue weighted by Crippen LogP contribution is 2.29. The fraction of sp³-hybridized carbons (Fsp3) is 0.227. The molecule has 3 aromatic rings. The number of fused-ring (bicyclic) bond motifs is 1. The lowest BCUT2D eigenvalue weighted by molar-refractivity contribution is -0.118. The maximum absolute atomic E-state index is 11.7. The monoisotopic (exact) mass is 401 g/mol. The number of amides is 1. The Morgan fingerprint density at radius 3 is 2.77 bits per heavy atom. The number of nitrogens with two attached hydrogens (primary N) is 1. The maximum Gasteiger partial charge on any atom is 0.228 e. The molecule has 152 valence electrons. The van der Waals surface area contributed by atoms with E-state index in [0.717, 1.165) is 41.0 Å². The lowest BCUT2D eigenvalue weighted by Crippen LogP contribution is -2.10. The molecule has 2 fully saturated rings. The third-order valence-corrected chi connectivity index (χ3v) is 5.25. The molecule has 30 heavy (non-hydrogen) atoms. The van der Waals surface area contributed by atoms with Crippen molar-refractivity contribution in [3.8, 4) is 0 Å². The van der Waals surface area contributed by atoms with Gasteiger partial charge in [-0.1, -0.05) is 18.7 Å². The van der Waals surface area contributed by atoms with Crippen molar-refractivity contribution in [1.82, 2.24) is 19.9 Å². The van der Waals surface area contributed by atoms with Crippen molar-refractivity contribution >= 4 is 35.0 Å². The van der Waals surface area contributed by atoms with Gasteiger partial charge in [0.05, 0.1) is 12.6 Å². The number of anilines is 3. The quantitative estimate of drug-likeness (QED) is 0.506. The Bertz CT molecular complexity index is 1170. The zero-order chi connectivity index (χ0) is 20.7. The van der Waals surface area contributed by atoms with Crippen LogP contribution in [0.2, 0.25) is 0 Å². The van der Waals surface area contributed by atoms with Crippen molar-refractivity contribution in [3.63, 3.8) is 0 Å². The summed E-state index contributed by atoms with van der Waals surface area (Å²) in [4.78, 5) is 16.5. The van der Waals surface area contributed by atoms with Gasteiger partial charge < -0.3 is 21.7 Å². The second-order valence-electron chi connectivity index (χ2n) is 7.68. The number of aromatic nitrogens is 3. The highest BCUT2D eigenvalue weighted by molar-refractivity contribution is 5.89. The predicted octanol–water partition coefficient (Wildman–Crippen LogP) is 2.92. The van der Waals surface area contributed by atoms with Crippen molar-refractivity contribution in [2.75, 3.05) is 10.6 Å². The van der Waals surface area contributed by atoms with Gasteiger partial charge in [-0.25, -0.2) is 4.98 Å². The van der Waals surface area contributed by atoms with Crippen LogP contribution in [-0.4, -0.2) is 26.5 Å². The lowest BCUT2D eigenvalue weighted by Gasteiger charge is -2.12. The summed E-state index contributed by atoms with van der Waals surface area (Å²) in [5.74, 6) is 1.55. The minimum atomic E-state index is -0.0462. The van der Waals surface area contributed by atoms with E-state index in [1.165, 1.54) is 0 Å². The van der Waals surface area contributed by atoms with Gasteiger partial charge in [0.15, 0.2) is 5.65 Å². The van der Waals surface area contributed by atoms with Gasteiger partial charge in [0.25, 0.3) is 0 Å². The van der Waals surface area contributed by atoms with Gasteiger partial charge in [-0.2, -0.15) is 9.61 Å². The number of hydrogen-bond acceptors (Lipinski definition) is 6. The molecule has 1 aliphatic carbocycles. The Hall–Kier alpha value is -3.65. The molecule has 3 heterocycles. The van der Waals surface area contributed by atoms with Crippen molar-refractivity contribution in [1.29, 1.82) is 0 Å². The topological polar surface area (TPSA) is 109 Å². The normalized spacial score (nSPS) is 17.6. The standard InChI is InChI=1S/C22H23N7O/c1-13-15(9-21(30)25-13)8-16-12-24-29-20(27-18-6-7-18)10-19(28-22(16)29)26-17-4-2-14(11-23)3-5-17/h2-5,8,10,12,18,27H,1,6-7,9,11,23H2,(H,25,30)(H,26,28)/b15-8+. The van der Waals surface area contributed by atoms with Crippen LogP contribution in [0.25, 0.3) is 11.7 Å². The Morgan fingerprint density at radius 1 is 1.30 bits per heavy atom. The SMILES string of the molecule is C=C1NC(=O)C/C1=C\c1cnn2c(NC3CC3)cc(Nc3ccc(CN)cc3)nc12. The van der Waals surface area contributed by atoms with Crippen LogP contribution in [0.15, 0.2) is 54.4 Å². The molecule has 2 aromatic heterocycles. The fourth-order valence-corrected chi connectivity index (χ4v) is 3.46. The van der Waals surface area contributed by atoms with Gasteiger partial charge in [0.2, 0.25) is 5.91 Å². The first-order valence-electron chi connectivity index (χ1n) is 10.00.